The Morgan fingerprint density at radius 1 is 0.394 bits per heavy atom. The van der Waals surface area contributed by atoms with E-state index in [4.69, 9.17) is 21.5 Å². The Morgan fingerprint density at radius 3 is 1.11 bits per heavy atom. The predicted molar refractivity (Wildman–Crippen MR) is 263 cm³/mol. The molecule has 3 aromatic heterocycles. The maximum absolute atomic E-state index is 9.52. The fourth-order valence-corrected chi connectivity index (χ4v) is 9.83. The average molecular weight is 847 g/mol. The van der Waals surface area contributed by atoms with Gasteiger partial charge in [-0.05, 0) is 124 Å². The number of pyridine rings is 3. The molecule has 66 heavy (non-hydrogen) atoms. The van der Waals surface area contributed by atoms with Crippen molar-refractivity contribution >= 4 is 5.69 Å². The Hall–Kier alpha value is -8.76. The van der Waals surface area contributed by atoms with Crippen LogP contribution in [-0.2, 0) is 0 Å². The van der Waals surface area contributed by atoms with Crippen molar-refractivity contribution in [1.82, 2.24) is 15.0 Å². The summed E-state index contributed by atoms with van der Waals surface area (Å²) in [5.74, 6) is 0.671. The molecule has 1 fully saturated rings. The van der Waals surface area contributed by atoms with Gasteiger partial charge in [-0.2, -0.15) is 10.5 Å². The van der Waals surface area contributed by atoms with E-state index >= 15 is 0 Å². The third kappa shape index (κ3) is 8.50. The van der Waals surface area contributed by atoms with Crippen molar-refractivity contribution in [3.05, 3.63) is 240 Å². The number of hydrogen-bond donors (Lipinski definition) is 0. The Balaban J connectivity index is 1.03. The molecule has 0 spiro atoms. The van der Waals surface area contributed by atoms with Crippen LogP contribution < -0.4 is 0 Å². The van der Waals surface area contributed by atoms with Crippen molar-refractivity contribution in [3.63, 3.8) is 0 Å². The van der Waals surface area contributed by atoms with Crippen LogP contribution in [0, 0.1) is 29.2 Å². The minimum Gasteiger partial charge on any atom is -0.256 e. The Morgan fingerprint density at radius 2 is 0.758 bits per heavy atom. The molecular weight excluding hydrogens is 805 g/mol. The lowest BCUT2D eigenvalue weighted by Gasteiger charge is -2.38. The first-order chi connectivity index (χ1) is 32.5. The van der Waals surface area contributed by atoms with E-state index in [9.17, 15) is 10.5 Å². The zero-order chi connectivity index (χ0) is 44.8. The molecule has 1 aliphatic rings. The molecule has 6 aromatic carbocycles. The van der Waals surface area contributed by atoms with Gasteiger partial charge < -0.3 is 0 Å². The molecule has 2 atom stereocenters. The molecule has 9 aromatic rings. The highest BCUT2D eigenvalue weighted by atomic mass is 14.7. The largest absolute Gasteiger partial charge is 0.256 e. The monoisotopic (exact) mass is 846 g/mol. The van der Waals surface area contributed by atoms with Crippen molar-refractivity contribution in [2.45, 2.75) is 37.0 Å². The SMILES string of the molecule is [C-]#[N+]c1cccc(-c2ccc(-c3ccccc3C3CC(c4ccccc4-c4ccc(-c5cccc(C#N)c5)nc4)CC(c4ccccc4-c4ccc(-c5cccc(C#N)c5)nc4)C3)cn2)c1. The van der Waals surface area contributed by atoms with Crippen LogP contribution >= 0.6 is 0 Å². The van der Waals surface area contributed by atoms with Crippen LogP contribution in [0.1, 0.15) is 64.8 Å². The van der Waals surface area contributed by atoms with Crippen molar-refractivity contribution in [3.8, 4) is 79.3 Å². The summed E-state index contributed by atoms with van der Waals surface area (Å²) in [6.45, 7) is 7.50. The first kappa shape index (κ1) is 41.3. The summed E-state index contributed by atoms with van der Waals surface area (Å²) < 4.78 is 0. The van der Waals surface area contributed by atoms with E-state index in [1.54, 1.807) is 0 Å². The number of nitrogens with zero attached hydrogens (tertiary/aromatic N) is 6. The molecule has 0 N–H and O–H groups in total. The van der Waals surface area contributed by atoms with Gasteiger partial charge >= 0.3 is 0 Å². The van der Waals surface area contributed by atoms with Gasteiger partial charge in [0.2, 0.25) is 0 Å². The van der Waals surface area contributed by atoms with Crippen molar-refractivity contribution < 1.29 is 0 Å². The van der Waals surface area contributed by atoms with E-state index in [2.05, 4.69) is 126 Å². The molecule has 10 rings (SSSR count). The lowest BCUT2D eigenvalue weighted by molar-refractivity contribution is 0.353. The number of rotatable bonds is 9. The van der Waals surface area contributed by atoms with Crippen LogP contribution in [0.4, 0.5) is 5.69 Å². The average Bonchev–Trinajstić information content (AvgIpc) is 3.41. The van der Waals surface area contributed by atoms with Gasteiger partial charge in [-0.1, -0.05) is 133 Å². The van der Waals surface area contributed by atoms with Crippen LogP contribution in [0.25, 0.3) is 72.0 Å². The second kappa shape index (κ2) is 18.5. The lowest BCUT2D eigenvalue weighted by Crippen LogP contribution is -2.21. The van der Waals surface area contributed by atoms with E-state index in [1.165, 1.54) is 33.4 Å². The smallest absolute Gasteiger partial charge is 0.187 e. The highest BCUT2D eigenvalue weighted by molar-refractivity contribution is 5.74. The molecule has 2 unspecified atom stereocenters. The van der Waals surface area contributed by atoms with Gasteiger partial charge in [-0.15, -0.1) is 0 Å². The molecule has 0 aliphatic heterocycles. The lowest BCUT2D eigenvalue weighted by atomic mass is 9.66. The van der Waals surface area contributed by atoms with Gasteiger partial charge in [0.1, 0.15) is 0 Å². The van der Waals surface area contributed by atoms with Crippen LogP contribution in [0.3, 0.4) is 0 Å². The molecule has 0 bridgehead atoms. The summed E-state index contributed by atoms with van der Waals surface area (Å²) in [4.78, 5) is 18.4. The molecule has 6 nitrogen and oxygen atoms in total. The van der Waals surface area contributed by atoms with Crippen LogP contribution in [-0.4, -0.2) is 15.0 Å². The zero-order valence-electron chi connectivity index (χ0n) is 36.1. The van der Waals surface area contributed by atoms with Crippen LogP contribution in [0.2, 0.25) is 0 Å². The zero-order valence-corrected chi connectivity index (χ0v) is 36.1. The highest BCUT2D eigenvalue weighted by Gasteiger charge is 2.35. The fourth-order valence-electron chi connectivity index (χ4n) is 9.83. The summed E-state index contributed by atoms with van der Waals surface area (Å²) in [5, 5.41) is 19.0. The van der Waals surface area contributed by atoms with Crippen molar-refractivity contribution in [1.29, 1.82) is 10.5 Å². The Bertz CT molecular complexity index is 2970. The second-order valence-electron chi connectivity index (χ2n) is 16.9. The molecule has 0 saturated heterocycles. The molecule has 0 radical (unpaired) electrons. The topological polar surface area (TPSA) is 90.6 Å². The highest BCUT2D eigenvalue weighted by Crippen LogP contribution is 2.52. The van der Waals surface area contributed by atoms with E-state index in [-0.39, 0.29) is 17.8 Å². The number of hydrogen-bond acceptors (Lipinski definition) is 5. The summed E-state index contributed by atoms with van der Waals surface area (Å²) >= 11 is 0. The van der Waals surface area contributed by atoms with Crippen LogP contribution in [0.5, 0.6) is 0 Å². The third-order valence-corrected chi connectivity index (χ3v) is 13.0. The molecule has 3 heterocycles. The van der Waals surface area contributed by atoms with Gasteiger partial charge in [-0.3, -0.25) is 15.0 Å². The van der Waals surface area contributed by atoms with E-state index in [1.807, 2.05) is 91.4 Å². The number of nitriles is 2. The Kier molecular flexibility index (Phi) is 11.6. The van der Waals surface area contributed by atoms with E-state index < -0.39 is 0 Å². The van der Waals surface area contributed by atoms with Crippen molar-refractivity contribution in [2.24, 2.45) is 0 Å². The normalized spacial score (nSPS) is 15.5. The van der Waals surface area contributed by atoms with Gasteiger partial charge in [-0.25, -0.2) is 4.85 Å². The minimum atomic E-state index is 0.223. The van der Waals surface area contributed by atoms with E-state index in [0.29, 0.717) is 16.8 Å². The van der Waals surface area contributed by atoms with Crippen molar-refractivity contribution in [2.75, 3.05) is 0 Å². The molecular formula is C60H42N6. The first-order valence-corrected chi connectivity index (χ1v) is 22.2. The van der Waals surface area contributed by atoms with Gasteiger partial charge in [0.05, 0.1) is 46.9 Å². The number of benzene rings is 6. The first-order valence-electron chi connectivity index (χ1n) is 22.2. The minimum absolute atomic E-state index is 0.223. The fraction of sp³-hybridized carbons (Fsp3) is 0.100. The molecule has 6 heteroatoms. The molecule has 1 saturated carbocycles. The van der Waals surface area contributed by atoms with Gasteiger partial charge in [0.25, 0.3) is 0 Å². The predicted octanol–water partition coefficient (Wildman–Crippen LogP) is 15.0. The van der Waals surface area contributed by atoms with E-state index in [0.717, 1.165) is 69.7 Å². The summed E-state index contributed by atoms with van der Waals surface area (Å²) in [5.41, 5.74) is 17.7. The third-order valence-electron chi connectivity index (χ3n) is 13.0. The molecule has 0 amide bonds. The second-order valence-corrected chi connectivity index (χ2v) is 16.9. The van der Waals surface area contributed by atoms with Gasteiger partial charge in [0, 0.05) is 46.4 Å². The standard InChI is InChI=1S/C60H42N6/c1-63-51-16-10-15-44(34-51)60-28-25-47(39-66-60)54-19-4-7-22-57(54)50-32-48(55-20-5-2-17-52(55)45-23-26-58(64-37-45)42-13-8-11-40(29-42)35-61)31-49(33-50)56-21-6-3-18-53(56)46-24-27-59(65-38-46)43-14-9-12-41(30-43)36-62/h2-30,34,37-39,48-50H,31-33H2. The maximum atomic E-state index is 9.52. The quantitative estimate of drug-likeness (QED) is 0.135. The maximum Gasteiger partial charge on any atom is 0.187 e. The Labute approximate surface area is 385 Å². The van der Waals surface area contributed by atoms with Crippen LogP contribution in [0.15, 0.2) is 201 Å². The van der Waals surface area contributed by atoms with Gasteiger partial charge in [0.15, 0.2) is 5.69 Å². The summed E-state index contributed by atoms with van der Waals surface area (Å²) in [6.07, 6.45) is 8.81. The molecule has 312 valence electrons. The number of aromatic nitrogens is 3. The summed E-state index contributed by atoms with van der Waals surface area (Å²) in [6, 6.07) is 66.4. The molecule has 1 aliphatic carbocycles. The summed E-state index contributed by atoms with van der Waals surface area (Å²) in [7, 11) is 0.